The Morgan fingerprint density at radius 3 is 2.58 bits per heavy atom. The second kappa shape index (κ2) is 6.31. The molecular weight excluding hydrogens is 296 g/mol. The highest BCUT2D eigenvalue weighted by Gasteiger charge is 2.27. The number of amides is 1. The molecule has 0 spiro atoms. The average molecular weight is 320 g/mol. The number of carbonyl (C=O) groups is 1. The van der Waals surface area contributed by atoms with Gasteiger partial charge in [-0.1, -0.05) is 42.5 Å². The molecule has 0 aliphatic carbocycles. The normalized spacial score (nSPS) is 19.1. The van der Waals surface area contributed by atoms with E-state index in [1.54, 1.807) is 0 Å². The summed E-state index contributed by atoms with van der Waals surface area (Å²) < 4.78 is 0. The van der Waals surface area contributed by atoms with E-state index in [0.717, 1.165) is 32.5 Å². The van der Waals surface area contributed by atoms with Gasteiger partial charge in [0.1, 0.15) is 0 Å². The van der Waals surface area contributed by atoms with Crippen LogP contribution in [0.25, 0.3) is 0 Å². The molecule has 4 rings (SSSR count). The zero-order chi connectivity index (χ0) is 16.5. The van der Waals surface area contributed by atoms with Crippen LogP contribution in [0.2, 0.25) is 0 Å². The third-order valence-electron chi connectivity index (χ3n) is 5.40. The molecule has 3 nitrogen and oxygen atoms in total. The van der Waals surface area contributed by atoms with Gasteiger partial charge in [-0.15, -0.1) is 0 Å². The Kier molecular flexibility index (Phi) is 4.01. The smallest absolute Gasteiger partial charge is 0.224 e. The summed E-state index contributed by atoms with van der Waals surface area (Å²) in [5.74, 6) is 0.279. The Hall–Kier alpha value is -2.29. The van der Waals surface area contributed by atoms with Crippen LogP contribution in [0.5, 0.6) is 0 Å². The predicted octanol–water partition coefficient (Wildman–Crippen LogP) is 3.41. The first-order valence-corrected chi connectivity index (χ1v) is 8.91. The van der Waals surface area contributed by atoms with Gasteiger partial charge in [0.25, 0.3) is 0 Å². The van der Waals surface area contributed by atoms with Crippen LogP contribution in [0.3, 0.4) is 0 Å². The predicted molar refractivity (Wildman–Crippen MR) is 97.1 cm³/mol. The Labute approximate surface area is 143 Å². The molecule has 1 amide bonds. The van der Waals surface area contributed by atoms with Gasteiger partial charge in [0, 0.05) is 37.8 Å². The summed E-state index contributed by atoms with van der Waals surface area (Å²) in [4.78, 5) is 17.1. The largest absolute Gasteiger partial charge is 0.368 e. The Bertz CT molecular complexity index is 755. The van der Waals surface area contributed by atoms with Crippen LogP contribution in [0.1, 0.15) is 30.0 Å². The van der Waals surface area contributed by atoms with Crippen molar-refractivity contribution in [3.63, 3.8) is 0 Å². The molecule has 0 saturated heterocycles. The number of para-hydroxylation sites is 1. The molecule has 24 heavy (non-hydrogen) atoms. The quantitative estimate of drug-likeness (QED) is 0.865. The van der Waals surface area contributed by atoms with Crippen molar-refractivity contribution >= 4 is 11.6 Å². The summed E-state index contributed by atoms with van der Waals surface area (Å²) in [6, 6.07) is 17.5. The molecule has 0 aromatic heterocycles. The summed E-state index contributed by atoms with van der Waals surface area (Å²) in [7, 11) is 0. The maximum Gasteiger partial charge on any atom is 0.224 e. The van der Waals surface area contributed by atoms with E-state index in [9.17, 15) is 4.79 Å². The standard InChI is InChI=1S/C21H24N2O/c1-16-14-18-7-4-5-9-20(18)23(16)13-11-21(24)22-12-10-17-6-2-3-8-19(17)15-22/h2-9,16H,10-15H2,1H3. The zero-order valence-electron chi connectivity index (χ0n) is 14.2. The molecule has 2 aliphatic heterocycles. The topological polar surface area (TPSA) is 23.6 Å². The lowest BCUT2D eigenvalue weighted by molar-refractivity contribution is -0.131. The van der Waals surface area contributed by atoms with E-state index in [1.807, 2.05) is 4.90 Å². The fraction of sp³-hybridized carbons (Fsp3) is 0.381. The van der Waals surface area contributed by atoms with E-state index in [2.05, 4.69) is 60.4 Å². The van der Waals surface area contributed by atoms with Crippen LogP contribution in [-0.4, -0.2) is 29.9 Å². The van der Waals surface area contributed by atoms with E-state index in [0.29, 0.717) is 12.5 Å². The molecule has 0 fully saturated rings. The van der Waals surface area contributed by atoms with E-state index in [-0.39, 0.29) is 5.91 Å². The summed E-state index contributed by atoms with van der Waals surface area (Å²) in [5, 5.41) is 0. The molecule has 124 valence electrons. The lowest BCUT2D eigenvalue weighted by Gasteiger charge is -2.30. The number of fused-ring (bicyclic) bond motifs is 2. The molecule has 0 radical (unpaired) electrons. The molecule has 1 atom stereocenters. The Morgan fingerprint density at radius 2 is 1.75 bits per heavy atom. The number of hydrogen-bond donors (Lipinski definition) is 0. The van der Waals surface area contributed by atoms with Crippen LogP contribution >= 0.6 is 0 Å². The van der Waals surface area contributed by atoms with E-state index >= 15 is 0 Å². The lowest BCUT2D eigenvalue weighted by atomic mass is 10.00. The minimum Gasteiger partial charge on any atom is -0.368 e. The third kappa shape index (κ3) is 2.79. The van der Waals surface area contributed by atoms with Crippen molar-refractivity contribution in [3.8, 4) is 0 Å². The van der Waals surface area contributed by atoms with Crippen molar-refractivity contribution in [2.75, 3.05) is 18.0 Å². The van der Waals surface area contributed by atoms with Crippen LogP contribution in [0.15, 0.2) is 48.5 Å². The van der Waals surface area contributed by atoms with Gasteiger partial charge in [0.15, 0.2) is 0 Å². The number of anilines is 1. The summed E-state index contributed by atoms with van der Waals surface area (Å²) in [6.07, 6.45) is 2.66. The highest BCUT2D eigenvalue weighted by molar-refractivity contribution is 5.77. The SMILES string of the molecule is CC1Cc2ccccc2N1CCC(=O)N1CCc2ccccc2C1. The maximum atomic E-state index is 12.7. The second-order valence-electron chi connectivity index (χ2n) is 6.96. The average Bonchev–Trinajstić information content (AvgIpc) is 2.94. The molecule has 2 aliphatic rings. The molecule has 0 N–H and O–H groups in total. The number of hydrogen-bond acceptors (Lipinski definition) is 2. The maximum absolute atomic E-state index is 12.7. The van der Waals surface area contributed by atoms with Gasteiger partial charge in [-0.3, -0.25) is 4.79 Å². The van der Waals surface area contributed by atoms with Crippen molar-refractivity contribution in [2.45, 2.75) is 38.8 Å². The number of nitrogens with zero attached hydrogens (tertiary/aromatic N) is 2. The lowest BCUT2D eigenvalue weighted by Crippen LogP contribution is -2.39. The minimum absolute atomic E-state index is 0.279. The van der Waals surface area contributed by atoms with Crippen molar-refractivity contribution in [2.24, 2.45) is 0 Å². The summed E-state index contributed by atoms with van der Waals surface area (Å²) >= 11 is 0. The minimum atomic E-state index is 0.279. The van der Waals surface area contributed by atoms with Crippen molar-refractivity contribution < 1.29 is 4.79 Å². The van der Waals surface area contributed by atoms with Crippen LogP contribution in [0, 0.1) is 0 Å². The molecule has 2 heterocycles. The van der Waals surface area contributed by atoms with Gasteiger partial charge < -0.3 is 9.80 Å². The molecular formula is C21H24N2O. The van der Waals surface area contributed by atoms with Crippen molar-refractivity contribution in [1.29, 1.82) is 0 Å². The first-order valence-electron chi connectivity index (χ1n) is 8.91. The first kappa shape index (κ1) is 15.3. The van der Waals surface area contributed by atoms with Gasteiger partial charge >= 0.3 is 0 Å². The highest BCUT2D eigenvalue weighted by atomic mass is 16.2. The molecule has 0 bridgehead atoms. The fourth-order valence-electron chi connectivity index (χ4n) is 4.05. The Morgan fingerprint density at radius 1 is 1.04 bits per heavy atom. The summed E-state index contributed by atoms with van der Waals surface area (Å²) in [5.41, 5.74) is 5.41. The molecule has 1 unspecified atom stereocenters. The van der Waals surface area contributed by atoms with E-state index < -0.39 is 0 Å². The van der Waals surface area contributed by atoms with E-state index in [1.165, 1.54) is 22.4 Å². The monoisotopic (exact) mass is 320 g/mol. The highest BCUT2D eigenvalue weighted by Crippen LogP contribution is 2.31. The number of benzene rings is 2. The van der Waals surface area contributed by atoms with E-state index in [4.69, 9.17) is 0 Å². The number of carbonyl (C=O) groups excluding carboxylic acids is 1. The fourth-order valence-corrected chi connectivity index (χ4v) is 4.05. The molecule has 2 aromatic carbocycles. The van der Waals surface area contributed by atoms with Crippen LogP contribution in [-0.2, 0) is 24.2 Å². The van der Waals surface area contributed by atoms with Crippen molar-refractivity contribution in [1.82, 2.24) is 4.90 Å². The molecule has 2 aromatic rings. The molecule has 3 heteroatoms. The van der Waals surface area contributed by atoms with Gasteiger partial charge in [-0.25, -0.2) is 0 Å². The zero-order valence-corrected chi connectivity index (χ0v) is 14.2. The van der Waals surface area contributed by atoms with Gasteiger partial charge in [0.2, 0.25) is 5.91 Å². The van der Waals surface area contributed by atoms with Gasteiger partial charge in [-0.2, -0.15) is 0 Å². The van der Waals surface area contributed by atoms with Gasteiger partial charge in [-0.05, 0) is 42.5 Å². The third-order valence-corrected chi connectivity index (χ3v) is 5.40. The summed E-state index contributed by atoms with van der Waals surface area (Å²) in [6.45, 7) is 4.68. The van der Waals surface area contributed by atoms with Gasteiger partial charge in [0.05, 0.1) is 0 Å². The Balaban J connectivity index is 1.39. The van der Waals surface area contributed by atoms with Crippen LogP contribution < -0.4 is 4.90 Å². The van der Waals surface area contributed by atoms with Crippen molar-refractivity contribution in [3.05, 3.63) is 65.2 Å². The molecule has 0 saturated carbocycles. The van der Waals surface area contributed by atoms with Crippen LogP contribution in [0.4, 0.5) is 5.69 Å². The second-order valence-corrected chi connectivity index (χ2v) is 6.96. The number of rotatable bonds is 3. The first-order chi connectivity index (χ1) is 11.7.